The van der Waals surface area contributed by atoms with E-state index >= 15 is 0 Å². The van der Waals surface area contributed by atoms with Crippen LogP contribution in [0.5, 0.6) is 0 Å². The summed E-state index contributed by atoms with van der Waals surface area (Å²) in [4.78, 5) is 0. The average molecular weight is 251 g/mol. The van der Waals surface area contributed by atoms with Gasteiger partial charge in [-0.05, 0) is 46.5 Å². The molecule has 1 fully saturated rings. The van der Waals surface area contributed by atoms with Crippen LogP contribution >= 0.6 is 0 Å². The summed E-state index contributed by atoms with van der Waals surface area (Å²) in [6.07, 6.45) is 8.00. The smallest absolute Gasteiger partial charge is 0.0541 e. The fourth-order valence-corrected chi connectivity index (χ4v) is 2.55. The molecule has 2 rings (SSSR count). The van der Waals surface area contributed by atoms with Gasteiger partial charge in [-0.2, -0.15) is 5.10 Å². The van der Waals surface area contributed by atoms with Crippen LogP contribution in [0.3, 0.4) is 0 Å². The molecule has 1 aromatic rings. The van der Waals surface area contributed by atoms with Gasteiger partial charge in [0.2, 0.25) is 0 Å². The van der Waals surface area contributed by atoms with Gasteiger partial charge in [-0.25, -0.2) is 0 Å². The maximum atomic E-state index is 9.50. The van der Waals surface area contributed by atoms with Crippen LogP contribution in [0.15, 0.2) is 12.4 Å². The van der Waals surface area contributed by atoms with Gasteiger partial charge in [-0.1, -0.05) is 0 Å². The molecule has 0 radical (unpaired) electrons. The molecule has 18 heavy (non-hydrogen) atoms. The molecule has 0 bridgehead atoms. The van der Waals surface area contributed by atoms with Gasteiger partial charge < -0.3 is 10.4 Å². The summed E-state index contributed by atoms with van der Waals surface area (Å²) in [6.45, 7) is 6.46. The minimum Gasteiger partial charge on any atom is -0.393 e. The van der Waals surface area contributed by atoms with Crippen molar-refractivity contribution in [3.05, 3.63) is 18.0 Å². The number of hydrogen-bond donors (Lipinski definition) is 2. The highest BCUT2D eigenvalue weighted by Gasteiger charge is 2.21. The van der Waals surface area contributed by atoms with Crippen molar-refractivity contribution in [3.63, 3.8) is 0 Å². The molecule has 0 amide bonds. The fraction of sp³-hybridized carbons (Fsp3) is 0.786. The third kappa shape index (κ3) is 3.33. The van der Waals surface area contributed by atoms with Gasteiger partial charge in [0.25, 0.3) is 0 Å². The summed E-state index contributed by atoms with van der Waals surface area (Å²) >= 11 is 0. The number of aliphatic hydroxyl groups is 1. The molecule has 1 atom stereocenters. The molecule has 0 saturated heterocycles. The number of hydrogen-bond acceptors (Lipinski definition) is 3. The SMILES string of the molecule is CC(NC1CCC(O)CC1)c1cnn(C(C)C)c1. The van der Waals surface area contributed by atoms with Crippen molar-refractivity contribution in [1.29, 1.82) is 0 Å². The minimum absolute atomic E-state index is 0.0814. The molecular formula is C14H25N3O. The molecule has 1 aromatic heterocycles. The maximum Gasteiger partial charge on any atom is 0.0541 e. The molecule has 1 unspecified atom stereocenters. The lowest BCUT2D eigenvalue weighted by molar-refractivity contribution is 0.114. The first kappa shape index (κ1) is 13.6. The predicted octanol–water partition coefficient (Wildman–Crippen LogP) is 2.42. The molecule has 1 aliphatic rings. The van der Waals surface area contributed by atoms with E-state index in [9.17, 15) is 5.11 Å². The number of nitrogens with one attached hydrogen (secondary N) is 1. The second-order valence-electron chi connectivity index (χ2n) is 5.74. The molecule has 2 N–H and O–H groups in total. The van der Waals surface area contributed by atoms with Crippen LogP contribution in [0, 0.1) is 0 Å². The topological polar surface area (TPSA) is 50.1 Å². The second kappa shape index (κ2) is 5.85. The summed E-state index contributed by atoms with van der Waals surface area (Å²) in [5.74, 6) is 0. The molecule has 1 saturated carbocycles. The van der Waals surface area contributed by atoms with E-state index in [-0.39, 0.29) is 6.10 Å². The third-order valence-electron chi connectivity index (χ3n) is 3.83. The van der Waals surface area contributed by atoms with E-state index in [2.05, 4.69) is 37.4 Å². The van der Waals surface area contributed by atoms with Crippen molar-refractivity contribution in [2.45, 2.75) is 70.7 Å². The lowest BCUT2D eigenvalue weighted by Crippen LogP contribution is -2.36. The molecule has 102 valence electrons. The Hall–Kier alpha value is -0.870. The van der Waals surface area contributed by atoms with Gasteiger partial charge in [0.15, 0.2) is 0 Å². The quantitative estimate of drug-likeness (QED) is 0.864. The fourth-order valence-electron chi connectivity index (χ4n) is 2.55. The van der Waals surface area contributed by atoms with Gasteiger partial charge in [-0.15, -0.1) is 0 Å². The number of aliphatic hydroxyl groups excluding tert-OH is 1. The van der Waals surface area contributed by atoms with E-state index in [1.54, 1.807) is 0 Å². The van der Waals surface area contributed by atoms with E-state index in [1.807, 2.05) is 10.9 Å². The minimum atomic E-state index is -0.0814. The predicted molar refractivity (Wildman–Crippen MR) is 72.4 cm³/mol. The summed E-state index contributed by atoms with van der Waals surface area (Å²) in [6, 6.07) is 1.28. The van der Waals surface area contributed by atoms with Crippen molar-refractivity contribution in [1.82, 2.24) is 15.1 Å². The normalized spacial score (nSPS) is 26.5. The van der Waals surface area contributed by atoms with Crippen LogP contribution in [0.1, 0.15) is 64.1 Å². The van der Waals surface area contributed by atoms with Gasteiger partial charge in [0.05, 0.1) is 12.3 Å². The van der Waals surface area contributed by atoms with Gasteiger partial charge in [0.1, 0.15) is 0 Å². The maximum absolute atomic E-state index is 9.50. The summed E-state index contributed by atoms with van der Waals surface area (Å²) in [5, 5.41) is 17.5. The van der Waals surface area contributed by atoms with Crippen LogP contribution < -0.4 is 5.32 Å². The Bertz CT molecular complexity index is 367. The van der Waals surface area contributed by atoms with Gasteiger partial charge in [0, 0.05) is 29.9 Å². The monoisotopic (exact) mass is 251 g/mol. The number of rotatable bonds is 4. The summed E-state index contributed by atoms with van der Waals surface area (Å²) in [7, 11) is 0. The van der Waals surface area contributed by atoms with Crippen LogP contribution in [0.4, 0.5) is 0 Å². The Morgan fingerprint density at radius 2 is 1.94 bits per heavy atom. The van der Waals surface area contributed by atoms with Crippen molar-refractivity contribution < 1.29 is 5.11 Å². The van der Waals surface area contributed by atoms with Gasteiger partial charge >= 0.3 is 0 Å². The first-order valence-electron chi connectivity index (χ1n) is 7.04. The molecular weight excluding hydrogens is 226 g/mol. The molecule has 4 nitrogen and oxygen atoms in total. The molecule has 1 heterocycles. The zero-order valence-electron chi connectivity index (χ0n) is 11.6. The standard InChI is InChI=1S/C14H25N3O/c1-10(2)17-9-12(8-15-17)11(3)16-13-4-6-14(18)7-5-13/h8-11,13-14,16,18H,4-7H2,1-3H3. The molecule has 0 aromatic carbocycles. The van der Waals surface area contributed by atoms with Crippen LogP contribution in [0.25, 0.3) is 0 Å². The third-order valence-corrected chi connectivity index (χ3v) is 3.83. The number of nitrogens with zero attached hydrogens (tertiary/aromatic N) is 2. The van der Waals surface area contributed by atoms with Crippen LogP contribution in [-0.2, 0) is 0 Å². The van der Waals surface area contributed by atoms with E-state index in [4.69, 9.17) is 0 Å². The summed E-state index contributed by atoms with van der Waals surface area (Å²) < 4.78 is 2.00. The molecule has 0 aliphatic heterocycles. The highest BCUT2D eigenvalue weighted by molar-refractivity contribution is 5.10. The lowest BCUT2D eigenvalue weighted by Gasteiger charge is -2.28. The highest BCUT2D eigenvalue weighted by Crippen LogP contribution is 2.22. The van der Waals surface area contributed by atoms with Crippen molar-refractivity contribution in [3.8, 4) is 0 Å². The van der Waals surface area contributed by atoms with Crippen LogP contribution in [-0.4, -0.2) is 27.0 Å². The van der Waals surface area contributed by atoms with Crippen molar-refractivity contribution in [2.75, 3.05) is 0 Å². The highest BCUT2D eigenvalue weighted by atomic mass is 16.3. The van der Waals surface area contributed by atoms with E-state index in [1.165, 1.54) is 5.56 Å². The average Bonchev–Trinajstić information content (AvgIpc) is 2.81. The lowest BCUT2D eigenvalue weighted by atomic mass is 9.92. The van der Waals surface area contributed by atoms with E-state index in [0.717, 1.165) is 25.7 Å². The Kier molecular flexibility index (Phi) is 4.40. The number of aromatic nitrogens is 2. The zero-order valence-corrected chi connectivity index (χ0v) is 11.6. The van der Waals surface area contributed by atoms with Crippen molar-refractivity contribution in [2.24, 2.45) is 0 Å². The summed E-state index contributed by atoms with van der Waals surface area (Å²) in [5.41, 5.74) is 1.25. The van der Waals surface area contributed by atoms with E-state index in [0.29, 0.717) is 18.1 Å². The van der Waals surface area contributed by atoms with E-state index < -0.39 is 0 Å². The van der Waals surface area contributed by atoms with Crippen LogP contribution in [0.2, 0.25) is 0 Å². The Labute approximate surface area is 109 Å². The van der Waals surface area contributed by atoms with Crippen molar-refractivity contribution >= 4 is 0 Å². The second-order valence-corrected chi connectivity index (χ2v) is 5.74. The molecule has 0 spiro atoms. The Morgan fingerprint density at radius 3 is 2.50 bits per heavy atom. The molecule has 1 aliphatic carbocycles. The Balaban J connectivity index is 1.88. The first-order chi connectivity index (χ1) is 8.56. The first-order valence-corrected chi connectivity index (χ1v) is 7.04. The zero-order chi connectivity index (χ0) is 13.1. The molecule has 4 heteroatoms. The Morgan fingerprint density at radius 1 is 1.28 bits per heavy atom. The van der Waals surface area contributed by atoms with Gasteiger partial charge in [-0.3, -0.25) is 4.68 Å². The largest absolute Gasteiger partial charge is 0.393 e.